The third kappa shape index (κ3) is 2.42. The lowest BCUT2D eigenvalue weighted by atomic mass is 9.85. The van der Waals surface area contributed by atoms with Crippen LogP contribution in [0.3, 0.4) is 0 Å². The second-order valence-electron chi connectivity index (χ2n) is 6.76. The summed E-state index contributed by atoms with van der Waals surface area (Å²) in [6, 6.07) is 1.01. The lowest BCUT2D eigenvalue weighted by Gasteiger charge is -2.28. The standard InChI is InChI=1S/C15H26N2O/c1-11-9-12(5-8-16-11)14(18)17-13-10-15(13)6-3-2-4-7-15/h11-13,16H,2-10H2,1H3,(H,17,18)/t11-,12-,13?/m0/s1. The molecule has 1 unspecified atom stereocenters. The Morgan fingerprint density at radius 3 is 2.78 bits per heavy atom. The van der Waals surface area contributed by atoms with Gasteiger partial charge in [-0.2, -0.15) is 0 Å². The van der Waals surface area contributed by atoms with E-state index < -0.39 is 0 Å². The molecule has 0 aromatic heterocycles. The SMILES string of the molecule is C[C@H]1C[C@@H](C(=O)NC2CC23CCCCC3)CCN1. The second-order valence-corrected chi connectivity index (χ2v) is 6.76. The molecule has 1 aliphatic heterocycles. The summed E-state index contributed by atoms with van der Waals surface area (Å²) in [5.74, 6) is 0.582. The first-order valence-corrected chi connectivity index (χ1v) is 7.73. The van der Waals surface area contributed by atoms with Crippen molar-refractivity contribution in [3.63, 3.8) is 0 Å². The van der Waals surface area contributed by atoms with Crippen LogP contribution in [0.1, 0.15) is 58.3 Å². The van der Waals surface area contributed by atoms with Crippen LogP contribution in [0.15, 0.2) is 0 Å². The monoisotopic (exact) mass is 250 g/mol. The molecule has 3 aliphatic rings. The van der Waals surface area contributed by atoms with Crippen LogP contribution in [0, 0.1) is 11.3 Å². The van der Waals surface area contributed by atoms with E-state index in [1.807, 2.05) is 0 Å². The third-order valence-electron chi connectivity index (χ3n) is 5.35. The van der Waals surface area contributed by atoms with Crippen LogP contribution in [0.4, 0.5) is 0 Å². The largest absolute Gasteiger partial charge is 0.353 e. The maximum Gasteiger partial charge on any atom is 0.223 e. The smallest absolute Gasteiger partial charge is 0.223 e. The van der Waals surface area contributed by atoms with Gasteiger partial charge in [-0.15, -0.1) is 0 Å². The summed E-state index contributed by atoms with van der Waals surface area (Å²) in [6.07, 6.45) is 10.1. The van der Waals surface area contributed by atoms with Crippen molar-refractivity contribution in [2.45, 2.75) is 70.4 Å². The van der Waals surface area contributed by atoms with Crippen molar-refractivity contribution in [2.24, 2.45) is 11.3 Å². The molecular formula is C15H26N2O. The van der Waals surface area contributed by atoms with E-state index in [4.69, 9.17) is 0 Å². The minimum absolute atomic E-state index is 0.252. The minimum Gasteiger partial charge on any atom is -0.353 e. The number of amides is 1. The Hall–Kier alpha value is -0.570. The number of carbonyl (C=O) groups is 1. The summed E-state index contributed by atoms with van der Waals surface area (Å²) in [6.45, 7) is 3.17. The van der Waals surface area contributed by atoms with Crippen molar-refractivity contribution >= 4 is 5.91 Å². The average molecular weight is 250 g/mol. The van der Waals surface area contributed by atoms with Gasteiger partial charge in [-0.1, -0.05) is 19.3 Å². The Kier molecular flexibility index (Phi) is 3.35. The fourth-order valence-corrected chi connectivity index (χ4v) is 4.02. The van der Waals surface area contributed by atoms with Crippen molar-refractivity contribution in [2.75, 3.05) is 6.54 Å². The van der Waals surface area contributed by atoms with Gasteiger partial charge in [0.2, 0.25) is 5.91 Å². The molecule has 3 fully saturated rings. The van der Waals surface area contributed by atoms with Crippen LogP contribution in [0.25, 0.3) is 0 Å². The van der Waals surface area contributed by atoms with Gasteiger partial charge < -0.3 is 10.6 Å². The van der Waals surface area contributed by atoms with Gasteiger partial charge in [-0.3, -0.25) is 4.79 Å². The molecule has 1 heterocycles. The molecule has 3 nitrogen and oxygen atoms in total. The van der Waals surface area contributed by atoms with E-state index in [1.54, 1.807) is 0 Å². The molecule has 102 valence electrons. The number of hydrogen-bond acceptors (Lipinski definition) is 2. The van der Waals surface area contributed by atoms with Crippen molar-refractivity contribution in [3.8, 4) is 0 Å². The number of rotatable bonds is 2. The van der Waals surface area contributed by atoms with Crippen LogP contribution in [0.5, 0.6) is 0 Å². The second kappa shape index (κ2) is 4.84. The van der Waals surface area contributed by atoms with E-state index in [0.717, 1.165) is 19.4 Å². The van der Waals surface area contributed by atoms with E-state index in [1.165, 1.54) is 38.5 Å². The van der Waals surface area contributed by atoms with Gasteiger partial charge in [0.15, 0.2) is 0 Å². The summed E-state index contributed by atoms with van der Waals surface area (Å²) in [5.41, 5.74) is 0.520. The molecule has 2 saturated carbocycles. The highest BCUT2D eigenvalue weighted by Gasteiger charge is 2.54. The summed E-state index contributed by atoms with van der Waals surface area (Å²) in [7, 11) is 0. The van der Waals surface area contributed by atoms with Crippen molar-refractivity contribution in [3.05, 3.63) is 0 Å². The molecule has 0 radical (unpaired) electrons. The molecule has 1 saturated heterocycles. The quantitative estimate of drug-likeness (QED) is 0.789. The van der Waals surface area contributed by atoms with E-state index in [9.17, 15) is 4.79 Å². The minimum atomic E-state index is 0.252. The van der Waals surface area contributed by atoms with Gasteiger partial charge in [0.1, 0.15) is 0 Å². The average Bonchev–Trinajstić information content (AvgIpc) is 3.02. The van der Waals surface area contributed by atoms with E-state index in [0.29, 0.717) is 23.4 Å². The van der Waals surface area contributed by atoms with Gasteiger partial charge in [0, 0.05) is 18.0 Å². The summed E-state index contributed by atoms with van der Waals surface area (Å²) in [4.78, 5) is 12.3. The summed E-state index contributed by atoms with van der Waals surface area (Å²) < 4.78 is 0. The van der Waals surface area contributed by atoms with Crippen molar-refractivity contribution < 1.29 is 4.79 Å². The Morgan fingerprint density at radius 2 is 2.06 bits per heavy atom. The molecule has 2 aliphatic carbocycles. The molecule has 1 spiro atoms. The molecule has 3 atom stereocenters. The normalized spacial score (nSPS) is 38.4. The zero-order chi connectivity index (χ0) is 12.6. The molecule has 3 heteroatoms. The Labute approximate surface area is 110 Å². The van der Waals surface area contributed by atoms with Gasteiger partial charge in [-0.05, 0) is 51.0 Å². The Bertz CT molecular complexity index is 322. The van der Waals surface area contributed by atoms with Crippen LogP contribution in [0.2, 0.25) is 0 Å². The molecule has 3 rings (SSSR count). The fraction of sp³-hybridized carbons (Fsp3) is 0.933. The molecule has 0 bridgehead atoms. The molecular weight excluding hydrogens is 224 g/mol. The van der Waals surface area contributed by atoms with Crippen LogP contribution >= 0.6 is 0 Å². The maximum absolute atomic E-state index is 12.3. The van der Waals surface area contributed by atoms with E-state index >= 15 is 0 Å². The highest BCUT2D eigenvalue weighted by Crippen LogP contribution is 2.56. The first kappa shape index (κ1) is 12.5. The van der Waals surface area contributed by atoms with Crippen LogP contribution < -0.4 is 10.6 Å². The van der Waals surface area contributed by atoms with Crippen LogP contribution in [-0.4, -0.2) is 24.5 Å². The predicted octanol–water partition coefficient (Wildman–Crippen LogP) is 2.21. The van der Waals surface area contributed by atoms with Crippen molar-refractivity contribution in [1.82, 2.24) is 10.6 Å². The lowest BCUT2D eigenvalue weighted by Crippen LogP contribution is -2.43. The van der Waals surface area contributed by atoms with E-state index in [2.05, 4.69) is 17.6 Å². The highest BCUT2D eigenvalue weighted by atomic mass is 16.2. The Balaban J connectivity index is 1.50. The highest BCUT2D eigenvalue weighted by molar-refractivity contribution is 5.79. The van der Waals surface area contributed by atoms with Gasteiger partial charge in [0.25, 0.3) is 0 Å². The van der Waals surface area contributed by atoms with Crippen molar-refractivity contribution in [1.29, 1.82) is 0 Å². The zero-order valence-corrected chi connectivity index (χ0v) is 11.5. The predicted molar refractivity (Wildman–Crippen MR) is 72.3 cm³/mol. The molecule has 18 heavy (non-hydrogen) atoms. The first-order chi connectivity index (χ1) is 8.70. The maximum atomic E-state index is 12.3. The third-order valence-corrected chi connectivity index (χ3v) is 5.35. The van der Waals surface area contributed by atoms with Gasteiger partial charge >= 0.3 is 0 Å². The Morgan fingerprint density at radius 1 is 1.28 bits per heavy atom. The fourth-order valence-electron chi connectivity index (χ4n) is 4.02. The van der Waals surface area contributed by atoms with Crippen LogP contribution in [-0.2, 0) is 4.79 Å². The van der Waals surface area contributed by atoms with Gasteiger partial charge in [0.05, 0.1) is 0 Å². The number of piperidine rings is 1. The van der Waals surface area contributed by atoms with Gasteiger partial charge in [-0.25, -0.2) is 0 Å². The summed E-state index contributed by atoms with van der Waals surface area (Å²) in [5, 5.41) is 6.75. The van der Waals surface area contributed by atoms with E-state index in [-0.39, 0.29) is 5.92 Å². The number of hydrogen-bond donors (Lipinski definition) is 2. The zero-order valence-electron chi connectivity index (χ0n) is 11.5. The first-order valence-electron chi connectivity index (χ1n) is 7.73. The number of carbonyl (C=O) groups excluding carboxylic acids is 1. The molecule has 2 N–H and O–H groups in total. The summed E-state index contributed by atoms with van der Waals surface area (Å²) >= 11 is 0. The topological polar surface area (TPSA) is 41.1 Å². The molecule has 1 amide bonds. The number of nitrogens with one attached hydrogen (secondary N) is 2. The molecule has 0 aromatic rings. The lowest BCUT2D eigenvalue weighted by molar-refractivity contribution is -0.126. The molecule has 0 aromatic carbocycles.